The molecular weight excluding hydrogens is 292 g/mol. The van der Waals surface area contributed by atoms with Crippen LogP contribution in [0.1, 0.15) is 5.56 Å². The van der Waals surface area contributed by atoms with Gasteiger partial charge in [0, 0.05) is 23.5 Å². The Morgan fingerprint density at radius 1 is 1.09 bits per heavy atom. The van der Waals surface area contributed by atoms with Gasteiger partial charge in [-0.3, -0.25) is 9.78 Å². The lowest BCUT2D eigenvalue weighted by atomic mass is 10.1. The molecule has 0 bridgehead atoms. The van der Waals surface area contributed by atoms with Crippen LogP contribution < -0.4 is 5.56 Å². The molecule has 0 amide bonds. The van der Waals surface area contributed by atoms with Gasteiger partial charge in [0.15, 0.2) is 0 Å². The average molecular weight is 304 g/mol. The SMILES string of the molecule is Cc1ccc2cc(-c3noc(-c4ccncc4)n3)c(=O)[nH]c2c1. The third-order valence-corrected chi connectivity index (χ3v) is 3.60. The number of nitrogens with one attached hydrogen (secondary N) is 1. The minimum Gasteiger partial charge on any atom is -0.334 e. The maximum absolute atomic E-state index is 12.3. The van der Waals surface area contributed by atoms with E-state index < -0.39 is 0 Å². The van der Waals surface area contributed by atoms with Gasteiger partial charge in [-0.15, -0.1) is 0 Å². The number of hydrogen-bond donors (Lipinski definition) is 1. The number of aromatic amines is 1. The molecule has 0 aliphatic carbocycles. The van der Waals surface area contributed by atoms with E-state index in [9.17, 15) is 4.79 Å². The molecule has 0 unspecified atom stereocenters. The van der Waals surface area contributed by atoms with E-state index >= 15 is 0 Å². The largest absolute Gasteiger partial charge is 0.334 e. The van der Waals surface area contributed by atoms with Gasteiger partial charge in [0.1, 0.15) is 0 Å². The highest BCUT2D eigenvalue weighted by Gasteiger charge is 2.14. The quantitative estimate of drug-likeness (QED) is 0.615. The topological polar surface area (TPSA) is 84.7 Å². The van der Waals surface area contributed by atoms with Gasteiger partial charge < -0.3 is 9.51 Å². The summed E-state index contributed by atoms with van der Waals surface area (Å²) in [5.41, 5.74) is 2.76. The van der Waals surface area contributed by atoms with Crippen molar-refractivity contribution in [1.29, 1.82) is 0 Å². The predicted octanol–water partition coefficient (Wildman–Crippen LogP) is 2.95. The normalized spacial score (nSPS) is 11.0. The maximum Gasteiger partial charge on any atom is 0.259 e. The third kappa shape index (κ3) is 2.40. The number of rotatable bonds is 2. The van der Waals surface area contributed by atoms with E-state index in [1.165, 1.54) is 0 Å². The summed E-state index contributed by atoms with van der Waals surface area (Å²) in [4.78, 5) is 23.4. The van der Waals surface area contributed by atoms with Crippen LogP contribution in [0.25, 0.3) is 33.7 Å². The second-order valence-electron chi connectivity index (χ2n) is 5.26. The summed E-state index contributed by atoms with van der Waals surface area (Å²) < 4.78 is 5.25. The molecule has 0 fully saturated rings. The van der Waals surface area contributed by atoms with E-state index in [0.29, 0.717) is 11.5 Å². The molecule has 112 valence electrons. The van der Waals surface area contributed by atoms with Crippen molar-refractivity contribution in [1.82, 2.24) is 20.1 Å². The monoisotopic (exact) mass is 304 g/mol. The molecule has 0 aliphatic rings. The van der Waals surface area contributed by atoms with Crippen LogP contribution in [0, 0.1) is 6.92 Å². The molecule has 0 radical (unpaired) electrons. The third-order valence-electron chi connectivity index (χ3n) is 3.60. The minimum atomic E-state index is -0.245. The van der Waals surface area contributed by atoms with Crippen LogP contribution in [0.5, 0.6) is 0 Å². The molecule has 0 aliphatic heterocycles. The van der Waals surface area contributed by atoms with Gasteiger partial charge in [-0.1, -0.05) is 17.3 Å². The van der Waals surface area contributed by atoms with Gasteiger partial charge in [0.25, 0.3) is 11.4 Å². The van der Waals surface area contributed by atoms with Gasteiger partial charge in [0.05, 0.1) is 5.56 Å². The van der Waals surface area contributed by atoms with Crippen LogP contribution in [0.4, 0.5) is 0 Å². The Hall–Kier alpha value is -3.28. The Morgan fingerprint density at radius 2 is 1.91 bits per heavy atom. The summed E-state index contributed by atoms with van der Waals surface area (Å²) in [5, 5.41) is 4.84. The molecule has 6 nitrogen and oxygen atoms in total. The summed E-state index contributed by atoms with van der Waals surface area (Å²) in [5.74, 6) is 0.617. The van der Waals surface area contributed by atoms with Gasteiger partial charge >= 0.3 is 0 Å². The Balaban J connectivity index is 1.83. The lowest BCUT2D eigenvalue weighted by Gasteiger charge is -2.01. The minimum absolute atomic E-state index is 0.245. The molecule has 4 aromatic rings. The van der Waals surface area contributed by atoms with Crippen LogP contribution >= 0.6 is 0 Å². The van der Waals surface area contributed by atoms with Crippen molar-refractivity contribution in [2.75, 3.05) is 0 Å². The molecule has 0 saturated heterocycles. The molecule has 23 heavy (non-hydrogen) atoms. The number of pyridine rings is 2. The van der Waals surface area contributed by atoms with Crippen molar-refractivity contribution >= 4 is 10.9 Å². The molecular formula is C17H12N4O2. The fraction of sp³-hybridized carbons (Fsp3) is 0.0588. The molecule has 1 aromatic carbocycles. The molecule has 0 atom stereocenters. The first kappa shape index (κ1) is 13.4. The van der Waals surface area contributed by atoms with Gasteiger partial charge in [-0.2, -0.15) is 4.98 Å². The number of H-pyrrole nitrogens is 1. The van der Waals surface area contributed by atoms with Crippen molar-refractivity contribution in [2.24, 2.45) is 0 Å². The van der Waals surface area contributed by atoms with E-state index in [1.807, 2.05) is 25.1 Å². The van der Waals surface area contributed by atoms with E-state index in [0.717, 1.165) is 22.0 Å². The standard InChI is InChI=1S/C17H12N4O2/c1-10-2-3-12-9-13(16(22)19-14(12)8-10)15-20-17(23-21-15)11-4-6-18-7-5-11/h2-9H,1H3,(H,19,22). The second kappa shape index (κ2) is 5.17. The first-order chi connectivity index (χ1) is 11.2. The smallest absolute Gasteiger partial charge is 0.259 e. The lowest BCUT2D eigenvalue weighted by molar-refractivity contribution is 0.432. The van der Waals surface area contributed by atoms with Crippen LogP contribution in [0.2, 0.25) is 0 Å². The molecule has 3 heterocycles. The second-order valence-corrected chi connectivity index (χ2v) is 5.26. The highest BCUT2D eigenvalue weighted by atomic mass is 16.5. The summed E-state index contributed by atoms with van der Waals surface area (Å²) in [6.07, 6.45) is 3.29. The number of aryl methyl sites for hydroxylation is 1. The number of nitrogens with zero attached hydrogens (tertiary/aromatic N) is 3. The molecule has 1 N–H and O–H groups in total. The average Bonchev–Trinajstić information content (AvgIpc) is 3.05. The van der Waals surface area contributed by atoms with E-state index in [-0.39, 0.29) is 11.4 Å². The number of fused-ring (bicyclic) bond motifs is 1. The summed E-state index contributed by atoms with van der Waals surface area (Å²) in [6, 6.07) is 11.2. The van der Waals surface area contributed by atoms with Gasteiger partial charge in [-0.25, -0.2) is 0 Å². The highest BCUT2D eigenvalue weighted by Crippen LogP contribution is 2.22. The van der Waals surface area contributed by atoms with Crippen LogP contribution in [-0.4, -0.2) is 20.1 Å². The summed E-state index contributed by atoms with van der Waals surface area (Å²) in [6.45, 7) is 1.98. The van der Waals surface area contributed by atoms with E-state index in [4.69, 9.17) is 4.52 Å². The number of aromatic nitrogens is 4. The van der Waals surface area contributed by atoms with Gasteiger partial charge in [0.2, 0.25) is 5.82 Å². The fourth-order valence-corrected chi connectivity index (χ4v) is 2.43. The van der Waals surface area contributed by atoms with Crippen LogP contribution in [0.3, 0.4) is 0 Å². The molecule has 6 heteroatoms. The summed E-state index contributed by atoms with van der Waals surface area (Å²) >= 11 is 0. The van der Waals surface area contributed by atoms with Crippen molar-refractivity contribution in [3.05, 3.63) is 64.7 Å². The fourth-order valence-electron chi connectivity index (χ4n) is 2.43. The maximum atomic E-state index is 12.3. The Kier molecular flexibility index (Phi) is 3.01. The van der Waals surface area contributed by atoms with Gasteiger partial charge in [-0.05, 0) is 42.1 Å². The summed E-state index contributed by atoms with van der Waals surface area (Å²) in [7, 11) is 0. The predicted molar refractivity (Wildman–Crippen MR) is 85.8 cm³/mol. The highest BCUT2D eigenvalue weighted by molar-refractivity contribution is 5.83. The Bertz CT molecular complexity index is 1050. The van der Waals surface area contributed by atoms with Crippen molar-refractivity contribution in [2.45, 2.75) is 6.92 Å². The molecule has 3 aromatic heterocycles. The Morgan fingerprint density at radius 3 is 2.74 bits per heavy atom. The van der Waals surface area contributed by atoms with Crippen LogP contribution in [-0.2, 0) is 0 Å². The molecule has 0 saturated carbocycles. The number of hydrogen-bond acceptors (Lipinski definition) is 5. The first-order valence-electron chi connectivity index (χ1n) is 7.09. The first-order valence-corrected chi connectivity index (χ1v) is 7.09. The zero-order valence-electron chi connectivity index (χ0n) is 12.3. The van der Waals surface area contributed by atoms with E-state index in [1.54, 1.807) is 30.6 Å². The zero-order chi connectivity index (χ0) is 15.8. The number of benzene rings is 1. The Labute approximate surface area is 130 Å². The van der Waals surface area contributed by atoms with E-state index in [2.05, 4.69) is 20.1 Å². The zero-order valence-corrected chi connectivity index (χ0v) is 12.3. The van der Waals surface area contributed by atoms with Crippen molar-refractivity contribution < 1.29 is 4.52 Å². The van der Waals surface area contributed by atoms with Crippen molar-refractivity contribution in [3.8, 4) is 22.8 Å². The molecule has 0 spiro atoms. The molecule has 4 rings (SSSR count). The van der Waals surface area contributed by atoms with Crippen LogP contribution in [0.15, 0.2) is 58.1 Å². The lowest BCUT2D eigenvalue weighted by Crippen LogP contribution is -2.09. The van der Waals surface area contributed by atoms with Crippen molar-refractivity contribution in [3.63, 3.8) is 0 Å².